The zero-order valence-corrected chi connectivity index (χ0v) is 12.6. The Hall–Kier alpha value is -1.21. The van der Waals surface area contributed by atoms with Crippen molar-refractivity contribution in [1.82, 2.24) is 0 Å². The average molecular weight is 373 g/mol. The van der Waals surface area contributed by atoms with E-state index in [1.54, 1.807) is 0 Å². The van der Waals surface area contributed by atoms with Gasteiger partial charge in [-0.05, 0) is 35.4 Å². The molecule has 6 N–H and O–H groups in total. The summed E-state index contributed by atoms with van der Waals surface area (Å²) in [6.45, 7) is 0. The van der Waals surface area contributed by atoms with Crippen LogP contribution < -0.4 is 11.5 Å². The Labute approximate surface area is 127 Å². The molecule has 0 spiro atoms. The molecule has 0 aliphatic rings. The molecule has 0 saturated carbocycles. The summed E-state index contributed by atoms with van der Waals surface area (Å²) >= 11 is -3.29. The first-order valence-corrected chi connectivity index (χ1v) is 7.23. The normalized spacial score (nSPS) is 9.21. The van der Waals surface area contributed by atoms with Crippen LogP contribution in [0.3, 0.4) is 0 Å². The molecule has 0 aliphatic heterocycles. The van der Waals surface area contributed by atoms with E-state index in [0.717, 1.165) is 22.5 Å². The maximum absolute atomic E-state index is 8.76. The van der Waals surface area contributed by atoms with Gasteiger partial charge in [0, 0.05) is 28.2 Å². The van der Waals surface area contributed by atoms with Crippen molar-refractivity contribution in [1.29, 1.82) is 0 Å². The van der Waals surface area contributed by atoms with Crippen LogP contribution in [0.25, 0.3) is 11.1 Å². The summed E-state index contributed by atoms with van der Waals surface area (Å²) < 4.78 is 23.1. The third kappa shape index (κ3) is 7.07. The average Bonchev–Trinajstić information content (AvgIpc) is 2.31. The van der Waals surface area contributed by atoms with Crippen LogP contribution in [0.15, 0.2) is 48.5 Å². The molecule has 2 rings (SSSR count). The number of nitrogen functional groups attached to an aromatic ring is 2. The molecule has 0 amide bonds. The fourth-order valence-electron chi connectivity index (χ4n) is 1.35. The van der Waals surface area contributed by atoms with Gasteiger partial charge in [-0.1, -0.05) is 24.3 Å². The van der Waals surface area contributed by atoms with Crippen LogP contribution in [0.2, 0.25) is 0 Å². The van der Waals surface area contributed by atoms with Gasteiger partial charge in [-0.25, -0.2) is 0 Å². The van der Waals surface area contributed by atoms with Crippen molar-refractivity contribution in [3.05, 3.63) is 48.5 Å². The minimum Gasteiger partial charge on any atom is 0 e. The summed E-state index contributed by atoms with van der Waals surface area (Å²) in [5, 5.41) is 0. The first-order valence-electron chi connectivity index (χ1n) is 5.00. The van der Waals surface area contributed by atoms with Gasteiger partial charge in [0.25, 0.3) is 0 Å². The van der Waals surface area contributed by atoms with Crippen LogP contribution in [0.5, 0.6) is 0 Å². The molecule has 2 aromatic carbocycles. The minimum atomic E-state index is -3.29. The van der Waals surface area contributed by atoms with Crippen LogP contribution in [0.4, 0.5) is 11.4 Å². The van der Waals surface area contributed by atoms with Crippen molar-refractivity contribution in [2.24, 2.45) is 0 Å². The van der Waals surface area contributed by atoms with Crippen molar-refractivity contribution >= 4 is 25.9 Å². The molecule has 0 bridgehead atoms. The molecule has 0 aliphatic carbocycles. The fourth-order valence-corrected chi connectivity index (χ4v) is 1.35. The maximum Gasteiger partial charge on any atom is 1.00 e. The van der Waals surface area contributed by atoms with Gasteiger partial charge in [0.1, 0.15) is 0 Å². The van der Waals surface area contributed by atoms with E-state index in [9.17, 15) is 0 Å². The second-order valence-corrected chi connectivity index (χ2v) is 4.44. The molecular weight excluding hydrogens is 358 g/mol. The van der Waals surface area contributed by atoms with E-state index in [1.165, 1.54) is 0 Å². The van der Waals surface area contributed by atoms with Crippen LogP contribution >= 0.6 is 0 Å². The number of nitrogens with two attached hydrogens (primary N) is 2. The predicted molar refractivity (Wildman–Crippen MR) is 72.7 cm³/mol. The summed E-state index contributed by atoms with van der Waals surface area (Å²) in [6.07, 6.45) is 0. The van der Waals surface area contributed by atoms with E-state index < -0.39 is 14.5 Å². The van der Waals surface area contributed by atoms with Crippen LogP contribution in [-0.2, 0) is 20.6 Å². The quantitative estimate of drug-likeness (QED) is 0.441. The number of hydrogen-bond acceptors (Lipinski definition) is 3. The SMILES string of the molecule is Nc1ccc(-c2ccc(N)cc2)cc1.O=[Se](O)O.[Co].[H+]. The van der Waals surface area contributed by atoms with E-state index in [0.29, 0.717) is 0 Å². The second kappa shape index (κ2) is 8.81. The van der Waals surface area contributed by atoms with E-state index in [-0.39, 0.29) is 18.2 Å². The topological polar surface area (TPSA) is 110 Å². The summed E-state index contributed by atoms with van der Waals surface area (Å²) in [6, 6.07) is 15.6. The molecule has 0 fully saturated rings. The maximum atomic E-state index is 8.76. The van der Waals surface area contributed by atoms with E-state index in [1.807, 2.05) is 48.5 Å². The molecule has 105 valence electrons. The number of benzene rings is 2. The van der Waals surface area contributed by atoms with Gasteiger partial charge < -0.3 is 11.5 Å². The van der Waals surface area contributed by atoms with E-state index in [4.69, 9.17) is 23.7 Å². The van der Waals surface area contributed by atoms with Crippen molar-refractivity contribution in [2.45, 2.75) is 0 Å². The summed E-state index contributed by atoms with van der Waals surface area (Å²) in [7, 11) is 0. The molecule has 0 unspecified atom stereocenters. The standard InChI is InChI=1S/C12H12N2.Co.H2O3Se/c13-11-5-1-9(2-6-11)10-3-7-12(14)8-4-10;;1-4(2)3/h1-8H,13-14H2;;(H2,1,2,3)/p+1. The Bertz CT molecular complexity index is 476. The van der Waals surface area contributed by atoms with Crippen molar-refractivity contribution in [3.8, 4) is 11.1 Å². The molecule has 5 nitrogen and oxygen atoms in total. The zero-order chi connectivity index (χ0) is 13.5. The molecule has 1 radical (unpaired) electrons. The van der Waals surface area contributed by atoms with Gasteiger partial charge in [0.15, 0.2) is 0 Å². The smallest absolute Gasteiger partial charge is 0 e. The summed E-state index contributed by atoms with van der Waals surface area (Å²) in [5.74, 6) is 0. The first kappa shape index (κ1) is 17.8. The molecular formula is C12H15CoN2O3Se+. The largest absolute Gasteiger partial charge is 1.00 e. The Morgan fingerprint density at radius 1 is 0.789 bits per heavy atom. The molecule has 0 heterocycles. The Morgan fingerprint density at radius 2 is 1.00 bits per heavy atom. The van der Waals surface area contributed by atoms with Gasteiger partial charge in [-0.3, -0.25) is 0 Å². The number of hydrogen-bond donors (Lipinski definition) is 4. The third-order valence-corrected chi connectivity index (χ3v) is 2.15. The van der Waals surface area contributed by atoms with E-state index >= 15 is 0 Å². The summed E-state index contributed by atoms with van der Waals surface area (Å²) in [4.78, 5) is 0. The number of rotatable bonds is 1. The molecule has 0 saturated heterocycles. The number of anilines is 2. The Balaban J connectivity index is 0. The minimum absolute atomic E-state index is 0. The van der Waals surface area contributed by atoms with Gasteiger partial charge in [-0.2, -0.15) is 0 Å². The Morgan fingerprint density at radius 3 is 1.21 bits per heavy atom. The van der Waals surface area contributed by atoms with Crippen molar-refractivity contribution < 1.29 is 30.4 Å². The van der Waals surface area contributed by atoms with Gasteiger partial charge in [0.2, 0.25) is 0 Å². The van der Waals surface area contributed by atoms with Crippen LogP contribution in [-0.4, -0.2) is 22.9 Å². The molecule has 7 heteroatoms. The molecule has 0 aromatic heterocycles. The predicted octanol–water partition coefficient (Wildman–Crippen LogP) is 1.01. The molecule has 2 aromatic rings. The van der Waals surface area contributed by atoms with Gasteiger partial charge in [-0.15, -0.1) is 0 Å². The van der Waals surface area contributed by atoms with Gasteiger partial charge in [0.05, 0.1) is 0 Å². The van der Waals surface area contributed by atoms with E-state index in [2.05, 4.69) is 0 Å². The Kier molecular flexibility index (Phi) is 8.25. The van der Waals surface area contributed by atoms with Gasteiger partial charge >= 0.3 is 28.1 Å². The monoisotopic (exact) mass is 374 g/mol. The van der Waals surface area contributed by atoms with Crippen LogP contribution in [0, 0.1) is 0 Å². The summed E-state index contributed by atoms with van der Waals surface area (Å²) in [5.41, 5.74) is 15.1. The molecule has 19 heavy (non-hydrogen) atoms. The fraction of sp³-hybridized carbons (Fsp3) is 0. The molecule has 0 atom stereocenters. The third-order valence-electron chi connectivity index (χ3n) is 2.15. The van der Waals surface area contributed by atoms with Crippen molar-refractivity contribution in [3.63, 3.8) is 0 Å². The second-order valence-electron chi connectivity index (χ2n) is 3.47. The van der Waals surface area contributed by atoms with Crippen LogP contribution in [0.1, 0.15) is 1.43 Å². The zero-order valence-electron chi connectivity index (χ0n) is 10.8. The van der Waals surface area contributed by atoms with Crippen molar-refractivity contribution in [2.75, 3.05) is 11.5 Å². The first-order chi connectivity index (χ1) is 8.49.